The van der Waals surface area contributed by atoms with Gasteiger partial charge in [0, 0.05) is 55.8 Å². The van der Waals surface area contributed by atoms with Gasteiger partial charge in [-0.1, -0.05) is 83.9 Å². The van der Waals surface area contributed by atoms with Crippen molar-refractivity contribution in [3.05, 3.63) is 154 Å². The van der Waals surface area contributed by atoms with E-state index in [1.165, 1.54) is 24.3 Å². The zero-order valence-corrected chi connectivity index (χ0v) is 25.9. The summed E-state index contributed by atoms with van der Waals surface area (Å²) in [7, 11) is -3.93. The molecule has 0 saturated heterocycles. The minimum absolute atomic E-state index is 0.0131. The molecule has 0 atom stereocenters. The number of nitrogens with zero attached hydrogens (tertiary/aromatic N) is 2. The average Bonchev–Trinajstić information content (AvgIpc) is 3.04. The maximum absolute atomic E-state index is 15.3. The van der Waals surface area contributed by atoms with Gasteiger partial charge in [0.1, 0.15) is 11.6 Å². The van der Waals surface area contributed by atoms with E-state index in [0.29, 0.717) is 32.6 Å². The molecule has 4 nitrogen and oxygen atoms in total. The largest absolute Gasteiger partial charge is 0.256 e. The Bertz CT molecular complexity index is 1980. The summed E-state index contributed by atoms with van der Waals surface area (Å²) in [5.41, 5.74) is 5.31. The first-order valence-electron chi connectivity index (χ1n) is 13.9. The van der Waals surface area contributed by atoms with Crippen molar-refractivity contribution in [1.29, 1.82) is 0 Å². The number of benzene rings is 4. The van der Waals surface area contributed by atoms with E-state index in [1.54, 1.807) is 60.9 Å². The van der Waals surface area contributed by atoms with Gasteiger partial charge in [0.25, 0.3) is 0 Å². The fourth-order valence-electron chi connectivity index (χ4n) is 5.14. The monoisotopic (exact) mass is 656 g/mol. The topological polar surface area (TPSA) is 59.9 Å². The van der Waals surface area contributed by atoms with E-state index in [1.807, 2.05) is 36.4 Å². The van der Waals surface area contributed by atoms with E-state index >= 15 is 8.78 Å². The van der Waals surface area contributed by atoms with Crippen LogP contribution in [0.1, 0.15) is 11.1 Å². The van der Waals surface area contributed by atoms with Gasteiger partial charge in [-0.3, -0.25) is 9.97 Å². The number of hydrogen-bond donors (Lipinski definition) is 0. The fourth-order valence-corrected chi connectivity index (χ4v) is 6.91. The molecule has 0 aliphatic rings. The minimum Gasteiger partial charge on any atom is -0.256 e. The Kier molecular flexibility index (Phi) is 8.76. The zero-order chi connectivity index (χ0) is 31.6. The van der Waals surface area contributed by atoms with E-state index in [2.05, 4.69) is 9.97 Å². The highest BCUT2D eigenvalue weighted by Gasteiger charge is 2.20. The molecule has 2 heterocycles. The van der Waals surface area contributed by atoms with E-state index in [-0.39, 0.29) is 11.1 Å². The first-order chi connectivity index (χ1) is 21.7. The summed E-state index contributed by atoms with van der Waals surface area (Å²) in [6, 6.07) is 30.4. The van der Waals surface area contributed by atoms with Crippen LogP contribution in [-0.2, 0) is 21.3 Å². The average molecular weight is 658 g/mol. The van der Waals surface area contributed by atoms with E-state index in [9.17, 15) is 8.42 Å². The van der Waals surface area contributed by atoms with Gasteiger partial charge in [-0.2, -0.15) is 0 Å². The molecule has 9 heteroatoms. The number of rotatable bonds is 8. The van der Waals surface area contributed by atoms with Crippen molar-refractivity contribution in [2.24, 2.45) is 0 Å². The van der Waals surface area contributed by atoms with Gasteiger partial charge in [0.15, 0.2) is 9.84 Å². The lowest BCUT2D eigenvalue weighted by Crippen LogP contribution is -2.10. The van der Waals surface area contributed by atoms with Crippen LogP contribution in [0.25, 0.3) is 44.8 Å². The normalized spacial score (nSPS) is 11.5. The van der Waals surface area contributed by atoms with Gasteiger partial charge in [-0.05, 0) is 59.7 Å². The quantitative estimate of drug-likeness (QED) is 0.164. The number of halogens is 4. The predicted octanol–water partition coefficient (Wildman–Crippen LogP) is 9.84. The molecule has 0 radical (unpaired) electrons. The van der Waals surface area contributed by atoms with Crippen molar-refractivity contribution in [2.75, 3.05) is 0 Å². The molecular formula is C36H24Cl2F2N2O2S. The number of aromatic nitrogens is 2. The lowest BCUT2D eigenvalue weighted by molar-refractivity contribution is 0.581. The SMILES string of the molecule is O=S(=O)(Cc1ccc(-c2ncccc2-c2ccc(Cl)cc2)cc1F)Cc1ccc(-c2ncccc2-c2ccc(Cl)cc2)cc1F. The van der Waals surface area contributed by atoms with Crippen LogP contribution in [0.4, 0.5) is 8.78 Å². The second kappa shape index (κ2) is 12.9. The number of sulfone groups is 1. The number of hydrogen-bond acceptors (Lipinski definition) is 4. The van der Waals surface area contributed by atoms with Crippen molar-refractivity contribution in [3.63, 3.8) is 0 Å². The predicted molar refractivity (Wildman–Crippen MR) is 176 cm³/mol. The molecule has 6 aromatic rings. The van der Waals surface area contributed by atoms with Crippen molar-refractivity contribution in [1.82, 2.24) is 9.97 Å². The van der Waals surface area contributed by atoms with Crippen molar-refractivity contribution in [2.45, 2.75) is 11.5 Å². The summed E-state index contributed by atoms with van der Waals surface area (Å²) in [6.07, 6.45) is 3.22. The van der Waals surface area contributed by atoms with Crippen LogP contribution in [0.2, 0.25) is 10.0 Å². The maximum atomic E-state index is 15.3. The summed E-state index contributed by atoms with van der Waals surface area (Å²) in [6.45, 7) is 0. The van der Waals surface area contributed by atoms with Gasteiger partial charge in [-0.15, -0.1) is 0 Å². The summed E-state index contributed by atoms with van der Waals surface area (Å²) in [4.78, 5) is 8.89. The van der Waals surface area contributed by atoms with Crippen LogP contribution in [0.3, 0.4) is 0 Å². The Hall–Kier alpha value is -4.43. The Labute approximate surface area is 269 Å². The highest BCUT2D eigenvalue weighted by molar-refractivity contribution is 7.89. The second-order valence-electron chi connectivity index (χ2n) is 10.5. The maximum Gasteiger partial charge on any atom is 0.158 e. The molecule has 6 rings (SSSR count). The molecule has 0 bridgehead atoms. The van der Waals surface area contributed by atoms with Crippen LogP contribution in [-0.4, -0.2) is 18.4 Å². The minimum atomic E-state index is -3.93. The first-order valence-corrected chi connectivity index (χ1v) is 16.4. The summed E-state index contributed by atoms with van der Waals surface area (Å²) < 4.78 is 56.9. The third kappa shape index (κ3) is 6.96. The van der Waals surface area contributed by atoms with E-state index < -0.39 is 33.0 Å². The second-order valence-corrected chi connectivity index (χ2v) is 13.4. The molecule has 0 unspecified atom stereocenters. The van der Waals surface area contributed by atoms with E-state index in [0.717, 1.165) is 22.3 Å². The van der Waals surface area contributed by atoms with Crippen LogP contribution in [0.15, 0.2) is 122 Å². The van der Waals surface area contributed by atoms with Crippen LogP contribution >= 0.6 is 23.2 Å². The molecule has 0 amide bonds. The van der Waals surface area contributed by atoms with Crippen LogP contribution < -0.4 is 0 Å². The Morgan fingerprint density at radius 3 is 1.29 bits per heavy atom. The Balaban J connectivity index is 1.22. The lowest BCUT2D eigenvalue weighted by Gasteiger charge is -2.12. The molecule has 4 aromatic carbocycles. The Morgan fingerprint density at radius 1 is 0.533 bits per heavy atom. The third-order valence-corrected chi connectivity index (χ3v) is 9.34. The highest BCUT2D eigenvalue weighted by atomic mass is 35.5. The summed E-state index contributed by atoms with van der Waals surface area (Å²) >= 11 is 12.1. The van der Waals surface area contributed by atoms with Gasteiger partial charge < -0.3 is 0 Å². The van der Waals surface area contributed by atoms with Crippen LogP contribution in [0, 0.1) is 11.6 Å². The number of pyridine rings is 2. The van der Waals surface area contributed by atoms with Crippen LogP contribution in [0.5, 0.6) is 0 Å². The lowest BCUT2D eigenvalue weighted by atomic mass is 9.98. The van der Waals surface area contributed by atoms with Gasteiger partial charge in [0.05, 0.1) is 22.9 Å². The molecule has 0 fully saturated rings. The molecule has 0 spiro atoms. The Morgan fingerprint density at radius 2 is 0.911 bits per heavy atom. The molecule has 0 aliphatic heterocycles. The molecular weight excluding hydrogens is 633 g/mol. The standard InChI is InChI=1S/C36H24Cl2F2N2O2S/c37-29-13-9-23(10-14-29)31-3-1-17-41-35(31)25-5-7-27(33(39)19-25)21-45(43,44)22-28-8-6-26(20-34(28)40)36-32(4-2-18-42-36)24-11-15-30(38)16-12-24/h1-20H,21-22H2. The fraction of sp³-hybridized carbons (Fsp3) is 0.0556. The van der Waals surface area contributed by atoms with Gasteiger partial charge >= 0.3 is 0 Å². The van der Waals surface area contributed by atoms with Crippen molar-refractivity contribution < 1.29 is 17.2 Å². The smallest absolute Gasteiger partial charge is 0.158 e. The highest BCUT2D eigenvalue weighted by Crippen LogP contribution is 2.34. The molecule has 224 valence electrons. The molecule has 2 aromatic heterocycles. The summed E-state index contributed by atoms with van der Waals surface area (Å²) in [5, 5.41) is 1.18. The molecule has 45 heavy (non-hydrogen) atoms. The van der Waals surface area contributed by atoms with Gasteiger partial charge in [-0.25, -0.2) is 17.2 Å². The van der Waals surface area contributed by atoms with Crippen molar-refractivity contribution >= 4 is 33.0 Å². The van der Waals surface area contributed by atoms with Crippen molar-refractivity contribution in [3.8, 4) is 44.8 Å². The first kappa shape index (κ1) is 30.6. The zero-order valence-electron chi connectivity index (χ0n) is 23.6. The molecule has 0 N–H and O–H groups in total. The molecule has 0 saturated carbocycles. The van der Waals surface area contributed by atoms with E-state index in [4.69, 9.17) is 23.2 Å². The summed E-state index contributed by atoms with van der Waals surface area (Å²) in [5.74, 6) is -2.56. The molecule has 0 aliphatic carbocycles. The third-order valence-electron chi connectivity index (χ3n) is 7.33. The van der Waals surface area contributed by atoms with Gasteiger partial charge in [0.2, 0.25) is 0 Å².